The minimum Gasteiger partial charge on any atom is -0.497 e. The molecular weight excluding hydrogens is 528 g/mol. The molecule has 3 aromatic rings. The number of rotatable bonds is 5. The van der Waals surface area contributed by atoms with Crippen LogP contribution in [-0.4, -0.2) is 73.7 Å². The lowest BCUT2D eigenvalue weighted by Crippen LogP contribution is -2.45. The first-order valence-electron chi connectivity index (χ1n) is 13.3. The molecule has 0 spiro atoms. The molecule has 11 nitrogen and oxygen atoms in total. The zero-order valence-corrected chi connectivity index (χ0v) is 22.9. The molecule has 3 aliphatic rings. The highest BCUT2D eigenvalue weighted by Gasteiger charge is 2.38. The van der Waals surface area contributed by atoms with Gasteiger partial charge in [0.1, 0.15) is 29.1 Å². The van der Waals surface area contributed by atoms with Gasteiger partial charge in [0.25, 0.3) is 11.8 Å². The van der Waals surface area contributed by atoms with E-state index in [4.69, 9.17) is 18.9 Å². The van der Waals surface area contributed by atoms with Crippen LogP contribution in [0.2, 0.25) is 0 Å². The summed E-state index contributed by atoms with van der Waals surface area (Å²) >= 11 is 0. The first-order chi connectivity index (χ1) is 19.9. The van der Waals surface area contributed by atoms with Gasteiger partial charge in [-0.1, -0.05) is 6.07 Å². The molecule has 4 heterocycles. The molecule has 11 heteroatoms. The van der Waals surface area contributed by atoms with Gasteiger partial charge in [0.15, 0.2) is 6.61 Å². The number of likely N-dealkylation sites (tertiary alicyclic amines) is 1. The molecule has 4 bridgehead atoms. The molecular formula is C30H32N4O7. The van der Waals surface area contributed by atoms with Gasteiger partial charge in [-0.15, -0.1) is 0 Å². The van der Waals surface area contributed by atoms with Crippen LogP contribution in [0.1, 0.15) is 27.9 Å². The van der Waals surface area contributed by atoms with E-state index in [1.165, 1.54) is 14.2 Å². The van der Waals surface area contributed by atoms with Gasteiger partial charge < -0.3 is 34.5 Å². The summed E-state index contributed by atoms with van der Waals surface area (Å²) in [6, 6.07) is 13.3. The van der Waals surface area contributed by atoms with Gasteiger partial charge in [-0.3, -0.25) is 19.4 Å². The Kier molecular flexibility index (Phi) is 8.52. The molecule has 0 saturated carbocycles. The summed E-state index contributed by atoms with van der Waals surface area (Å²) in [7, 11) is 3.02. The maximum Gasteiger partial charge on any atom is 0.258 e. The van der Waals surface area contributed by atoms with Crippen molar-refractivity contribution >= 4 is 17.7 Å². The number of carbonyl (C=O) groups excluding carboxylic acids is 3. The first-order valence-corrected chi connectivity index (χ1v) is 13.3. The minimum atomic E-state index is -0.520. The number of aryl methyl sites for hydroxylation is 1. The smallest absolute Gasteiger partial charge is 0.258 e. The monoisotopic (exact) mass is 560 g/mol. The van der Waals surface area contributed by atoms with Gasteiger partial charge in [-0.25, -0.2) is 0 Å². The number of nitrogens with one attached hydrogen (secondary N) is 2. The largest absolute Gasteiger partial charge is 0.497 e. The van der Waals surface area contributed by atoms with Crippen LogP contribution in [0.15, 0.2) is 60.9 Å². The molecule has 1 fully saturated rings. The number of methoxy groups -OCH3 is 2. The van der Waals surface area contributed by atoms with E-state index in [0.29, 0.717) is 42.4 Å². The molecule has 41 heavy (non-hydrogen) atoms. The van der Waals surface area contributed by atoms with E-state index in [1.54, 1.807) is 53.7 Å². The number of aromatic nitrogens is 1. The Hall–Kier alpha value is -4.80. The fourth-order valence-electron chi connectivity index (χ4n) is 4.86. The van der Waals surface area contributed by atoms with Crippen LogP contribution in [0, 0.1) is 0 Å². The second-order valence-electron chi connectivity index (χ2n) is 9.83. The molecule has 1 saturated heterocycles. The van der Waals surface area contributed by atoms with Crippen LogP contribution in [0.25, 0.3) is 0 Å². The number of nitrogens with zero attached hydrogens (tertiary/aromatic N) is 2. The minimum absolute atomic E-state index is 0.0397. The Morgan fingerprint density at radius 2 is 1.95 bits per heavy atom. The van der Waals surface area contributed by atoms with Gasteiger partial charge in [0.2, 0.25) is 5.91 Å². The zero-order valence-electron chi connectivity index (χ0n) is 22.9. The maximum absolute atomic E-state index is 13.4. The van der Waals surface area contributed by atoms with Crippen molar-refractivity contribution in [3.05, 3.63) is 77.6 Å². The van der Waals surface area contributed by atoms with Crippen molar-refractivity contribution in [2.24, 2.45) is 0 Å². The SMILES string of the molecule is COc1cc2cc(c1)C(=O)N[C@H]1CN(C(=O)CCc3cccnc3)C[C@@H]1Oc1ccc(c(OC)c1)CNC(=O)CO2. The zero-order chi connectivity index (χ0) is 28.8. The van der Waals surface area contributed by atoms with E-state index in [1.807, 2.05) is 12.1 Å². The molecule has 214 valence electrons. The number of amides is 3. The first kappa shape index (κ1) is 27.8. The van der Waals surface area contributed by atoms with Crippen molar-refractivity contribution in [2.75, 3.05) is 33.9 Å². The molecule has 2 atom stereocenters. The number of benzene rings is 2. The number of fused-ring (bicyclic) bond motifs is 7. The molecule has 1 aromatic heterocycles. The number of hydrogen-bond donors (Lipinski definition) is 2. The van der Waals surface area contributed by atoms with Crippen molar-refractivity contribution in [3.63, 3.8) is 0 Å². The summed E-state index contributed by atoms with van der Waals surface area (Å²) in [6.45, 7) is 0.547. The molecule has 0 aliphatic carbocycles. The molecule has 2 N–H and O–H groups in total. The predicted octanol–water partition coefficient (Wildman–Crippen LogP) is 2.13. The van der Waals surface area contributed by atoms with Crippen LogP contribution in [0.5, 0.6) is 23.0 Å². The third-order valence-electron chi connectivity index (χ3n) is 7.06. The Morgan fingerprint density at radius 1 is 1.07 bits per heavy atom. The van der Waals surface area contributed by atoms with Crippen molar-refractivity contribution in [1.82, 2.24) is 20.5 Å². The van der Waals surface area contributed by atoms with E-state index in [9.17, 15) is 14.4 Å². The van der Waals surface area contributed by atoms with Crippen LogP contribution in [0.4, 0.5) is 0 Å². The topological polar surface area (TPSA) is 128 Å². The highest BCUT2D eigenvalue weighted by Crippen LogP contribution is 2.28. The summed E-state index contributed by atoms with van der Waals surface area (Å²) in [5.74, 6) is 0.991. The third-order valence-corrected chi connectivity index (χ3v) is 7.06. The lowest BCUT2D eigenvalue weighted by Gasteiger charge is -2.22. The number of pyridine rings is 1. The summed E-state index contributed by atoms with van der Waals surface area (Å²) < 4.78 is 22.9. The molecule has 3 aliphatic heterocycles. The number of hydrogen-bond acceptors (Lipinski definition) is 8. The standard InChI is InChI=1S/C30H32N4O7/c1-38-23-10-21-11-24(12-23)40-18-28(35)32-15-20-6-7-22(13-26(20)39-2)41-27-17-34(16-25(27)33-30(21)37)29(36)8-5-19-4-3-9-31-14-19/h3-4,6-7,9-14,25,27H,5,8,15-18H2,1-2H3,(H,32,35)(H,33,37)/t25-,27-/m0/s1. The van der Waals surface area contributed by atoms with E-state index in [-0.39, 0.29) is 37.1 Å². The van der Waals surface area contributed by atoms with Crippen molar-refractivity contribution in [2.45, 2.75) is 31.5 Å². The highest BCUT2D eigenvalue weighted by molar-refractivity contribution is 5.95. The molecule has 0 unspecified atom stereocenters. The number of ether oxygens (including phenoxy) is 4. The van der Waals surface area contributed by atoms with Gasteiger partial charge in [0, 0.05) is 55.2 Å². The second kappa shape index (κ2) is 12.6. The van der Waals surface area contributed by atoms with E-state index >= 15 is 0 Å². The quantitative estimate of drug-likeness (QED) is 0.486. The van der Waals surface area contributed by atoms with Crippen LogP contribution < -0.4 is 29.6 Å². The highest BCUT2D eigenvalue weighted by atomic mass is 16.5. The van der Waals surface area contributed by atoms with Gasteiger partial charge >= 0.3 is 0 Å². The lowest BCUT2D eigenvalue weighted by atomic mass is 10.1. The van der Waals surface area contributed by atoms with Gasteiger partial charge in [-0.2, -0.15) is 0 Å². The fourth-order valence-corrected chi connectivity index (χ4v) is 4.86. The summed E-state index contributed by atoms with van der Waals surface area (Å²) in [4.78, 5) is 44.9. The Morgan fingerprint density at radius 3 is 2.73 bits per heavy atom. The van der Waals surface area contributed by atoms with Gasteiger partial charge in [-0.05, 0) is 42.3 Å². The molecule has 3 amide bonds. The van der Waals surface area contributed by atoms with Crippen LogP contribution in [-0.2, 0) is 22.6 Å². The average Bonchev–Trinajstić information content (AvgIpc) is 3.39. The lowest BCUT2D eigenvalue weighted by molar-refractivity contribution is -0.130. The van der Waals surface area contributed by atoms with Crippen LogP contribution >= 0.6 is 0 Å². The summed E-state index contributed by atoms with van der Waals surface area (Å²) in [5.41, 5.74) is 2.02. The molecule has 6 rings (SSSR count). The van der Waals surface area contributed by atoms with Gasteiger partial charge in [0.05, 0.1) is 26.8 Å². The van der Waals surface area contributed by atoms with Crippen molar-refractivity contribution < 1.29 is 33.3 Å². The van der Waals surface area contributed by atoms with E-state index in [2.05, 4.69) is 15.6 Å². The van der Waals surface area contributed by atoms with Crippen LogP contribution in [0.3, 0.4) is 0 Å². The second-order valence-corrected chi connectivity index (χ2v) is 9.83. The third kappa shape index (κ3) is 6.86. The fraction of sp³-hybridized carbons (Fsp3) is 0.333. The predicted molar refractivity (Wildman–Crippen MR) is 148 cm³/mol. The van der Waals surface area contributed by atoms with Crippen molar-refractivity contribution in [1.29, 1.82) is 0 Å². The molecule has 2 aromatic carbocycles. The Labute approximate surface area is 237 Å². The summed E-state index contributed by atoms with van der Waals surface area (Å²) in [6.07, 6.45) is 3.80. The Balaban J connectivity index is 1.42. The van der Waals surface area contributed by atoms with E-state index in [0.717, 1.165) is 11.1 Å². The normalized spacial score (nSPS) is 18.7. The Bertz CT molecular complexity index is 1420. The maximum atomic E-state index is 13.4. The van der Waals surface area contributed by atoms with Crippen molar-refractivity contribution in [3.8, 4) is 23.0 Å². The number of carbonyl (C=O) groups is 3. The van der Waals surface area contributed by atoms with E-state index < -0.39 is 18.1 Å². The molecule has 0 radical (unpaired) electrons. The summed E-state index contributed by atoms with van der Waals surface area (Å²) in [5, 5.41) is 5.84. The average molecular weight is 561 g/mol.